The zero-order valence-electron chi connectivity index (χ0n) is 18.8. The third kappa shape index (κ3) is 9.23. The summed E-state index contributed by atoms with van der Waals surface area (Å²) in [5.74, 6) is 0.154. The lowest BCUT2D eigenvalue weighted by molar-refractivity contribution is -0.0328. The standard InChI is InChI=1S/C23H22F3N3O5S2/c1-36(32,33)29-20-12-17(6-11-21(20)30)28-22(31)27-13-15-2-4-16(5-3-15)14-34-18-7-9-19(10-8-18)35-23(24,25)26/h2-12,29-30H,13-14H2,1H3,(H2,27,28,31). The van der Waals surface area contributed by atoms with Crippen LogP contribution in [0.3, 0.4) is 0 Å². The van der Waals surface area contributed by atoms with Gasteiger partial charge in [-0.15, -0.1) is 0 Å². The van der Waals surface area contributed by atoms with Gasteiger partial charge in [-0.2, -0.15) is 13.2 Å². The molecule has 0 heterocycles. The second-order valence-electron chi connectivity index (χ2n) is 7.54. The number of phenolic OH excluding ortho intramolecular Hbond substituents is 1. The van der Waals surface area contributed by atoms with Crippen LogP contribution in [-0.2, 0) is 23.2 Å². The Morgan fingerprint density at radius 2 is 1.64 bits per heavy atom. The van der Waals surface area contributed by atoms with Crippen LogP contribution < -0.4 is 20.1 Å². The number of ether oxygens (including phenoxy) is 1. The Labute approximate surface area is 209 Å². The maximum atomic E-state index is 12.4. The summed E-state index contributed by atoms with van der Waals surface area (Å²) in [4.78, 5) is 12.3. The first-order valence-electron chi connectivity index (χ1n) is 10.3. The molecule has 0 fully saturated rings. The lowest BCUT2D eigenvalue weighted by Gasteiger charge is -2.11. The third-order valence-corrected chi connectivity index (χ3v) is 5.82. The third-order valence-electron chi connectivity index (χ3n) is 4.49. The number of carbonyl (C=O) groups excluding carboxylic acids is 1. The monoisotopic (exact) mass is 541 g/mol. The van der Waals surface area contributed by atoms with E-state index in [9.17, 15) is 31.5 Å². The first-order chi connectivity index (χ1) is 16.9. The van der Waals surface area contributed by atoms with Crippen molar-refractivity contribution in [2.45, 2.75) is 23.6 Å². The molecule has 4 N–H and O–H groups in total. The molecule has 0 aromatic heterocycles. The maximum Gasteiger partial charge on any atom is 0.446 e. The molecule has 0 aliphatic heterocycles. The SMILES string of the molecule is CS(=O)(=O)Nc1cc(NC(=O)NCc2ccc(COc3ccc(SC(F)(F)F)cc3)cc2)ccc1O. The van der Waals surface area contributed by atoms with Crippen LogP contribution in [0.1, 0.15) is 11.1 Å². The number of thioether (sulfide) groups is 1. The van der Waals surface area contributed by atoms with E-state index in [-0.39, 0.29) is 46.9 Å². The minimum absolute atomic E-state index is 0.0655. The number of hydrogen-bond donors (Lipinski definition) is 4. The smallest absolute Gasteiger partial charge is 0.446 e. The predicted molar refractivity (Wildman–Crippen MR) is 132 cm³/mol. The summed E-state index contributed by atoms with van der Waals surface area (Å²) in [6.45, 7) is 0.419. The van der Waals surface area contributed by atoms with Crippen molar-refractivity contribution in [2.24, 2.45) is 0 Å². The second-order valence-corrected chi connectivity index (χ2v) is 10.4. The fourth-order valence-electron chi connectivity index (χ4n) is 2.91. The number of aromatic hydroxyl groups is 1. The van der Waals surface area contributed by atoms with E-state index in [1.165, 1.54) is 42.5 Å². The summed E-state index contributed by atoms with van der Waals surface area (Å²) in [5.41, 5.74) is -2.51. The van der Waals surface area contributed by atoms with Crippen molar-refractivity contribution in [1.82, 2.24) is 5.32 Å². The molecular formula is C23H22F3N3O5S2. The highest BCUT2D eigenvalue weighted by Gasteiger charge is 2.29. The molecule has 0 unspecified atom stereocenters. The molecular weight excluding hydrogens is 519 g/mol. The number of hydrogen-bond acceptors (Lipinski definition) is 6. The molecule has 3 aromatic carbocycles. The van der Waals surface area contributed by atoms with Crippen molar-refractivity contribution in [1.29, 1.82) is 0 Å². The summed E-state index contributed by atoms with van der Waals surface area (Å²) < 4.78 is 67.7. The molecule has 0 aliphatic carbocycles. The number of anilines is 2. The minimum atomic E-state index is -4.34. The van der Waals surface area contributed by atoms with Gasteiger partial charge in [-0.1, -0.05) is 24.3 Å². The van der Waals surface area contributed by atoms with Gasteiger partial charge in [0.05, 0.1) is 11.9 Å². The van der Waals surface area contributed by atoms with Crippen LogP contribution in [0.5, 0.6) is 11.5 Å². The van der Waals surface area contributed by atoms with Crippen molar-refractivity contribution in [2.75, 3.05) is 16.3 Å². The molecule has 36 heavy (non-hydrogen) atoms. The molecule has 0 saturated carbocycles. The lowest BCUT2D eigenvalue weighted by atomic mass is 10.1. The van der Waals surface area contributed by atoms with E-state index in [1.807, 2.05) is 0 Å². The number of benzene rings is 3. The Kier molecular flexibility index (Phi) is 8.58. The molecule has 0 saturated heterocycles. The quantitative estimate of drug-likeness (QED) is 0.167. The van der Waals surface area contributed by atoms with E-state index >= 15 is 0 Å². The summed E-state index contributed by atoms with van der Waals surface area (Å²) >= 11 is -0.189. The van der Waals surface area contributed by atoms with Gasteiger partial charge < -0.3 is 20.5 Å². The molecule has 0 spiro atoms. The topological polar surface area (TPSA) is 117 Å². The van der Waals surface area contributed by atoms with Crippen molar-refractivity contribution in [3.05, 3.63) is 77.9 Å². The molecule has 3 aromatic rings. The van der Waals surface area contributed by atoms with Crippen LogP contribution in [-0.4, -0.2) is 31.3 Å². The second kappa shape index (κ2) is 11.4. The van der Waals surface area contributed by atoms with Crippen LogP contribution in [0.2, 0.25) is 0 Å². The Bertz CT molecular complexity index is 1300. The number of urea groups is 1. The van der Waals surface area contributed by atoms with Crippen LogP contribution in [0.25, 0.3) is 0 Å². The molecule has 0 aliphatic rings. The number of amides is 2. The van der Waals surface area contributed by atoms with Gasteiger partial charge in [-0.25, -0.2) is 13.2 Å². The lowest BCUT2D eigenvalue weighted by Crippen LogP contribution is -2.28. The summed E-state index contributed by atoms with van der Waals surface area (Å²) in [6, 6.07) is 16.2. The Balaban J connectivity index is 1.47. The molecule has 3 rings (SSSR count). The highest BCUT2D eigenvalue weighted by atomic mass is 32.2. The van der Waals surface area contributed by atoms with Gasteiger partial charge >= 0.3 is 11.5 Å². The van der Waals surface area contributed by atoms with E-state index in [1.54, 1.807) is 24.3 Å². The van der Waals surface area contributed by atoms with Crippen LogP contribution >= 0.6 is 11.8 Å². The van der Waals surface area contributed by atoms with Gasteiger partial charge in [-0.05, 0) is 65.4 Å². The van der Waals surface area contributed by atoms with Gasteiger partial charge in [0.15, 0.2) is 0 Å². The van der Waals surface area contributed by atoms with Crippen molar-refractivity contribution >= 4 is 39.2 Å². The molecule has 2 amide bonds. The molecule has 13 heteroatoms. The number of halogens is 3. The van der Waals surface area contributed by atoms with Gasteiger partial charge in [0.25, 0.3) is 0 Å². The number of rotatable bonds is 9. The fraction of sp³-hybridized carbons (Fsp3) is 0.174. The van der Waals surface area contributed by atoms with E-state index in [4.69, 9.17) is 4.74 Å². The van der Waals surface area contributed by atoms with Crippen molar-refractivity contribution < 1.29 is 36.2 Å². The average Bonchev–Trinajstić information content (AvgIpc) is 2.78. The summed E-state index contributed by atoms with van der Waals surface area (Å²) in [6.07, 6.45) is 0.939. The normalized spacial score (nSPS) is 11.6. The molecule has 192 valence electrons. The van der Waals surface area contributed by atoms with Gasteiger partial charge in [-0.3, -0.25) is 4.72 Å². The highest BCUT2D eigenvalue weighted by Crippen LogP contribution is 2.37. The number of alkyl halides is 3. The van der Waals surface area contributed by atoms with E-state index in [0.29, 0.717) is 5.75 Å². The van der Waals surface area contributed by atoms with Crippen LogP contribution in [0, 0.1) is 0 Å². The molecule has 0 radical (unpaired) electrons. The first kappa shape index (κ1) is 27.0. The number of sulfonamides is 1. The number of carbonyl (C=O) groups is 1. The molecule has 8 nitrogen and oxygen atoms in total. The van der Waals surface area contributed by atoms with E-state index < -0.39 is 21.6 Å². The maximum absolute atomic E-state index is 12.4. The Morgan fingerprint density at radius 3 is 2.25 bits per heavy atom. The van der Waals surface area contributed by atoms with Crippen LogP contribution in [0.4, 0.5) is 29.3 Å². The summed E-state index contributed by atoms with van der Waals surface area (Å²) in [7, 11) is -3.61. The molecule has 0 atom stereocenters. The zero-order valence-corrected chi connectivity index (χ0v) is 20.4. The highest BCUT2D eigenvalue weighted by molar-refractivity contribution is 8.00. The average molecular weight is 542 g/mol. The minimum Gasteiger partial charge on any atom is -0.506 e. The number of phenols is 1. The predicted octanol–water partition coefficient (Wildman–Crippen LogP) is 5.28. The largest absolute Gasteiger partial charge is 0.506 e. The Morgan fingerprint density at radius 1 is 1.00 bits per heavy atom. The Hall–Kier alpha value is -3.58. The molecule has 0 bridgehead atoms. The number of nitrogens with one attached hydrogen (secondary N) is 3. The zero-order chi connectivity index (χ0) is 26.3. The van der Waals surface area contributed by atoms with Crippen molar-refractivity contribution in [3.8, 4) is 11.5 Å². The van der Waals surface area contributed by atoms with Gasteiger partial charge in [0, 0.05) is 17.1 Å². The fourth-order valence-corrected chi connectivity index (χ4v) is 4.01. The van der Waals surface area contributed by atoms with Gasteiger partial charge in [0.1, 0.15) is 18.1 Å². The van der Waals surface area contributed by atoms with Crippen LogP contribution in [0.15, 0.2) is 71.6 Å². The van der Waals surface area contributed by atoms with E-state index in [0.717, 1.165) is 17.4 Å². The van der Waals surface area contributed by atoms with Gasteiger partial charge in [0.2, 0.25) is 10.0 Å². The van der Waals surface area contributed by atoms with Crippen molar-refractivity contribution in [3.63, 3.8) is 0 Å². The summed E-state index contributed by atoms with van der Waals surface area (Å²) in [5, 5.41) is 15.0. The van der Waals surface area contributed by atoms with E-state index in [2.05, 4.69) is 15.4 Å². The first-order valence-corrected chi connectivity index (χ1v) is 13.0.